The number of hydrogen-bond donors (Lipinski definition) is 2. The summed E-state index contributed by atoms with van der Waals surface area (Å²) in [5.74, 6) is 1.24. The topological polar surface area (TPSA) is 75.1 Å². The first kappa shape index (κ1) is 16.8. The number of aromatic nitrogens is 3. The van der Waals surface area contributed by atoms with E-state index in [9.17, 15) is 4.79 Å². The Balaban J connectivity index is 1.40. The van der Waals surface area contributed by atoms with E-state index in [1.807, 2.05) is 53.7 Å². The first-order valence-corrected chi connectivity index (χ1v) is 9.71. The average Bonchev–Trinajstić information content (AvgIpc) is 3.43. The first-order valence-electron chi connectivity index (χ1n) is 9.71. The number of rotatable bonds is 4. The van der Waals surface area contributed by atoms with E-state index in [2.05, 4.69) is 20.2 Å². The van der Waals surface area contributed by atoms with E-state index in [0.29, 0.717) is 12.5 Å². The summed E-state index contributed by atoms with van der Waals surface area (Å²) in [7, 11) is 0. The molecule has 5 rings (SSSR count). The van der Waals surface area contributed by atoms with Gasteiger partial charge in [0.05, 0.1) is 0 Å². The van der Waals surface area contributed by atoms with Crippen LogP contribution in [0.5, 0.6) is 0 Å². The van der Waals surface area contributed by atoms with Crippen molar-refractivity contribution >= 4 is 23.5 Å². The van der Waals surface area contributed by atoms with Gasteiger partial charge in [-0.15, -0.1) is 0 Å². The molecule has 7 heteroatoms. The largest absolute Gasteiger partial charge is 0.333 e. The highest BCUT2D eigenvalue weighted by Gasteiger charge is 2.33. The lowest BCUT2D eigenvalue weighted by atomic mass is 10.1. The summed E-state index contributed by atoms with van der Waals surface area (Å²) in [5, 5.41) is 6.20. The molecule has 0 radical (unpaired) electrons. The number of carbonyl (C=O) groups excluding carboxylic acids is 1. The summed E-state index contributed by atoms with van der Waals surface area (Å²) < 4.78 is 2.05. The van der Waals surface area contributed by atoms with E-state index in [0.717, 1.165) is 48.4 Å². The van der Waals surface area contributed by atoms with Crippen LogP contribution in [0.1, 0.15) is 31.2 Å². The molecule has 1 aliphatic heterocycles. The molecule has 1 saturated carbocycles. The van der Waals surface area contributed by atoms with Crippen molar-refractivity contribution < 1.29 is 4.79 Å². The molecular formula is C21H22N6O. The third-order valence-corrected chi connectivity index (χ3v) is 5.43. The zero-order valence-electron chi connectivity index (χ0n) is 15.5. The molecule has 0 saturated heterocycles. The van der Waals surface area contributed by atoms with Gasteiger partial charge < -0.3 is 15.2 Å². The molecule has 1 aliphatic carbocycles. The van der Waals surface area contributed by atoms with Crippen LogP contribution in [-0.4, -0.2) is 26.6 Å². The molecule has 7 nitrogen and oxygen atoms in total. The van der Waals surface area contributed by atoms with E-state index >= 15 is 0 Å². The zero-order chi connectivity index (χ0) is 18.9. The van der Waals surface area contributed by atoms with Crippen LogP contribution < -0.4 is 15.5 Å². The number of benzene rings is 1. The van der Waals surface area contributed by atoms with Crippen molar-refractivity contribution in [2.24, 2.45) is 0 Å². The van der Waals surface area contributed by atoms with Gasteiger partial charge in [-0.05, 0) is 49.2 Å². The monoisotopic (exact) mass is 374 g/mol. The molecule has 0 spiro atoms. The smallest absolute Gasteiger partial charge is 0.323 e. The van der Waals surface area contributed by atoms with Gasteiger partial charge in [-0.2, -0.15) is 4.98 Å². The van der Waals surface area contributed by atoms with Gasteiger partial charge in [0.25, 0.3) is 0 Å². The van der Waals surface area contributed by atoms with Crippen LogP contribution >= 0.6 is 0 Å². The van der Waals surface area contributed by atoms with Crippen LogP contribution in [-0.2, 0) is 6.54 Å². The number of carbonyl (C=O) groups is 1. The molecular weight excluding hydrogens is 352 g/mol. The minimum atomic E-state index is -0.0554. The zero-order valence-corrected chi connectivity index (χ0v) is 15.5. The van der Waals surface area contributed by atoms with Crippen LogP contribution in [0.25, 0.3) is 5.69 Å². The molecule has 0 unspecified atom stereocenters. The van der Waals surface area contributed by atoms with Crippen LogP contribution in [0.2, 0.25) is 0 Å². The lowest BCUT2D eigenvalue weighted by Crippen LogP contribution is -2.49. The minimum Gasteiger partial charge on any atom is -0.333 e. The molecule has 142 valence electrons. The SMILES string of the molecule is O=C1NCc2cnc(Nc3ccc(-n4cccc4)cc3)nc2N1C1CCCC1. The van der Waals surface area contributed by atoms with Crippen LogP contribution in [0, 0.1) is 0 Å². The second-order valence-corrected chi connectivity index (χ2v) is 7.27. The second kappa shape index (κ2) is 6.99. The Hall–Kier alpha value is -3.35. The molecule has 2 aliphatic rings. The number of hydrogen-bond acceptors (Lipinski definition) is 4. The number of nitrogens with one attached hydrogen (secondary N) is 2. The quantitative estimate of drug-likeness (QED) is 0.724. The van der Waals surface area contributed by atoms with Crippen molar-refractivity contribution in [3.8, 4) is 5.69 Å². The van der Waals surface area contributed by atoms with E-state index in [4.69, 9.17) is 4.98 Å². The van der Waals surface area contributed by atoms with Gasteiger partial charge in [-0.3, -0.25) is 4.90 Å². The normalized spacial score (nSPS) is 16.7. The van der Waals surface area contributed by atoms with Crippen molar-refractivity contribution in [2.75, 3.05) is 10.2 Å². The van der Waals surface area contributed by atoms with Gasteiger partial charge >= 0.3 is 6.03 Å². The van der Waals surface area contributed by atoms with Crippen molar-refractivity contribution in [1.82, 2.24) is 19.9 Å². The summed E-state index contributed by atoms with van der Waals surface area (Å²) >= 11 is 0. The average molecular weight is 374 g/mol. The van der Waals surface area contributed by atoms with Crippen LogP contribution in [0.3, 0.4) is 0 Å². The summed E-state index contributed by atoms with van der Waals surface area (Å²) in [4.78, 5) is 23.5. The summed E-state index contributed by atoms with van der Waals surface area (Å²) in [6.45, 7) is 0.475. The molecule has 0 bridgehead atoms. The van der Waals surface area contributed by atoms with E-state index < -0.39 is 0 Å². The lowest BCUT2D eigenvalue weighted by molar-refractivity contribution is 0.241. The van der Waals surface area contributed by atoms with Crippen molar-refractivity contribution in [1.29, 1.82) is 0 Å². The Kier molecular flexibility index (Phi) is 4.20. The fraction of sp³-hybridized carbons (Fsp3) is 0.286. The molecule has 0 atom stereocenters. The Morgan fingerprint density at radius 3 is 2.57 bits per heavy atom. The van der Waals surface area contributed by atoms with Crippen LogP contribution in [0.4, 0.5) is 22.2 Å². The predicted octanol–water partition coefficient (Wildman–Crippen LogP) is 3.98. The maximum Gasteiger partial charge on any atom is 0.323 e. The van der Waals surface area contributed by atoms with Gasteiger partial charge in [0.15, 0.2) is 0 Å². The van der Waals surface area contributed by atoms with Gasteiger partial charge in [0.1, 0.15) is 5.82 Å². The third-order valence-electron chi connectivity index (χ3n) is 5.43. The Labute approximate surface area is 163 Å². The number of nitrogens with zero attached hydrogens (tertiary/aromatic N) is 4. The number of fused-ring (bicyclic) bond motifs is 1. The van der Waals surface area contributed by atoms with Gasteiger partial charge in [-0.25, -0.2) is 9.78 Å². The lowest BCUT2D eigenvalue weighted by Gasteiger charge is -2.33. The molecule has 1 fully saturated rings. The van der Waals surface area contributed by atoms with Crippen molar-refractivity contribution in [2.45, 2.75) is 38.3 Å². The highest BCUT2D eigenvalue weighted by atomic mass is 16.2. The maximum atomic E-state index is 12.5. The number of urea groups is 1. The van der Waals surface area contributed by atoms with Crippen LogP contribution in [0.15, 0.2) is 55.0 Å². The van der Waals surface area contributed by atoms with Gasteiger partial charge in [0.2, 0.25) is 5.95 Å². The van der Waals surface area contributed by atoms with E-state index in [1.54, 1.807) is 6.20 Å². The Morgan fingerprint density at radius 1 is 1.07 bits per heavy atom. The molecule has 1 aromatic carbocycles. The summed E-state index contributed by atoms with van der Waals surface area (Å²) in [6, 6.07) is 12.2. The molecule has 3 aromatic rings. The van der Waals surface area contributed by atoms with Crippen molar-refractivity contribution in [3.05, 3.63) is 60.6 Å². The first-order chi connectivity index (χ1) is 13.8. The Morgan fingerprint density at radius 2 is 1.82 bits per heavy atom. The van der Waals surface area contributed by atoms with Gasteiger partial charge in [-0.1, -0.05) is 12.8 Å². The predicted molar refractivity (Wildman–Crippen MR) is 108 cm³/mol. The maximum absolute atomic E-state index is 12.5. The third kappa shape index (κ3) is 3.09. The number of anilines is 3. The highest BCUT2D eigenvalue weighted by molar-refractivity contribution is 5.94. The molecule has 3 heterocycles. The molecule has 2 aromatic heterocycles. The van der Waals surface area contributed by atoms with Gasteiger partial charge in [0, 0.05) is 48.1 Å². The molecule has 28 heavy (non-hydrogen) atoms. The number of amides is 2. The second-order valence-electron chi connectivity index (χ2n) is 7.27. The van der Waals surface area contributed by atoms with E-state index in [-0.39, 0.29) is 12.1 Å². The highest BCUT2D eigenvalue weighted by Crippen LogP contribution is 2.32. The minimum absolute atomic E-state index is 0.0554. The fourth-order valence-electron chi connectivity index (χ4n) is 4.00. The summed E-state index contributed by atoms with van der Waals surface area (Å²) in [5.41, 5.74) is 2.95. The standard InChI is InChI=1S/C21H22N6O/c28-21-23-14-15-13-22-20(25-19(15)27(21)18-5-1-2-6-18)24-16-7-9-17(10-8-16)26-11-3-4-12-26/h3-4,7-13,18H,1-2,5-6,14H2,(H,23,28)(H,22,24,25). The van der Waals surface area contributed by atoms with Crippen molar-refractivity contribution in [3.63, 3.8) is 0 Å². The summed E-state index contributed by atoms with van der Waals surface area (Å²) in [6.07, 6.45) is 10.2. The Bertz CT molecular complexity index is 977. The molecule has 2 N–H and O–H groups in total. The fourth-order valence-corrected chi connectivity index (χ4v) is 4.00. The van der Waals surface area contributed by atoms with E-state index in [1.165, 1.54) is 0 Å². The molecule has 2 amide bonds.